The summed E-state index contributed by atoms with van der Waals surface area (Å²) in [5.41, 5.74) is -2.61. The van der Waals surface area contributed by atoms with Gasteiger partial charge in [0.25, 0.3) is 0 Å². The van der Waals surface area contributed by atoms with Crippen LogP contribution >= 0.6 is 11.6 Å². The number of nitrogens with zero attached hydrogens (tertiary/aromatic N) is 2. The van der Waals surface area contributed by atoms with E-state index >= 15 is 0 Å². The first-order chi connectivity index (χ1) is 14.9. The van der Waals surface area contributed by atoms with E-state index in [9.17, 15) is 35.9 Å². The summed E-state index contributed by atoms with van der Waals surface area (Å²) >= 11 is 5.59. The molecule has 0 spiro atoms. The van der Waals surface area contributed by atoms with Crippen LogP contribution in [0.3, 0.4) is 0 Å². The lowest BCUT2D eigenvalue weighted by Gasteiger charge is -2.34. The van der Waals surface area contributed by atoms with Crippen LogP contribution in [0.25, 0.3) is 0 Å². The second-order valence-electron chi connectivity index (χ2n) is 6.90. The normalized spacial score (nSPS) is 17.7. The molecule has 2 heterocycles. The summed E-state index contributed by atoms with van der Waals surface area (Å²) in [6.45, 7) is 1.64. The molecule has 0 saturated carbocycles. The molecule has 1 saturated heterocycles. The van der Waals surface area contributed by atoms with E-state index in [1.54, 1.807) is 0 Å². The molecule has 0 aliphatic carbocycles. The summed E-state index contributed by atoms with van der Waals surface area (Å²) in [6, 6.07) is -1.27. The fourth-order valence-corrected chi connectivity index (χ4v) is 3.36. The number of carbonyl (C=O) groups is 2. The van der Waals surface area contributed by atoms with Gasteiger partial charge in [0.05, 0.1) is 6.04 Å². The zero-order chi connectivity index (χ0) is 23.8. The zero-order valence-electron chi connectivity index (χ0n) is 16.2. The number of amides is 3. The van der Waals surface area contributed by atoms with E-state index in [4.69, 9.17) is 11.6 Å². The molecule has 1 aromatic heterocycles. The van der Waals surface area contributed by atoms with Crippen LogP contribution in [0.1, 0.15) is 29.8 Å². The number of halogens is 7. The van der Waals surface area contributed by atoms with Crippen LogP contribution in [-0.4, -0.2) is 41.0 Å². The van der Waals surface area contributed by atoms with Gasteiger partial charge in [-0.15, -0.1) is 0 Å². The van der Waals surface area contributed by atoms with E-state index in [0.29, 0.717) is 12.3 Å². The van der Waals surface area contributed by atoms with Crippen molar-refractivity contribution in [1.82, 2.24) is 20.5 Å². The summed E-state index contributed by atoms with van der Waals surface area (Å²) in [4.78, 5) is 28.8. The fraction of sp³-hybridized carbons (Fsp3) is 0.316. The third-order valence-corrected chi connectivity index (χ3v) is 5.21. The van der Waals surface area contributed by atoms with E-state index in [-0.39, 0.29) is 18.7 Å². The molecule has 13 heteroatoms. The van der Waals surface area contributed by atoms with Crippen LogP contribution in [0.4, 0.5) is 31.1 Å². The molecule has 1 aromatic carbocycles. The highest BCUT2D eigenvalue weighted by Gasteiger charge is 2.37. The average Bonchev–Trinajstić information content (AvgIpc) is 2.71. The number of carbonyl (C=O) groups excluding carboxylic acids is 2. The van der Waals surface area contributed by atoms with Crippen molar-refractivity contribution in [2.75, 3.05) is 13.1 Å². The summed E-state index contributed by atoms with van der Waals surface area (Å²) < 4.78 is 81.0. The summed E-state index contributed by atoms with van der Waals surface area (Å²) in [6.07, 6.45) is -4.47. The largest absolute Gasteiger partial charge is 0.436 e. The number of hydrogen-bond acceptors (Lipinski definition) is 3. The third kappa shape index (κ3) is 4.59. The van der Waals surface area contributed by atoms with Crippen LogP contribution in [0.15, 0.2) is 24.4 Å². The quantitative estimate of drug-likeness (QED) is 0.518. The molecule has 3 rings (SSSR count). The SMILES string of the molecule is C[C@@H]1C(=O)NCCN1C(=O)NC(c1cnc(C(F)(F)F)c(F)c1)c1ccc(F)c(Cl)c1F. The highest BCUT2D eigenvalue weighted by atomic mass is 35.5. The van der Waals surface area contributed by atoms with Crippen LogP contribution in [0.2, 0.25) is 5.02 Å². The average molecular weight is 481 g/mol. The number of hydrogen-bond donors (Lipinski definition) is 2. The van der Waals surface area contributed by atoms with Gasteiger partial charge in [-0.2, -0.15) is 13.2 Å². The molecule has 1 aliphatic rings. The van der Waals surface area contributed by atoms with Gasteiger partial charge in [0.15, 0.2) is 11.5 Å². The number of alkyl halides is 3. The van der Waals surface area contributed by atoms with Crippen LogP contribution in [0, 0.1) is 17.5 Å². The fourth-order valence-electron chi connectivity index (χ4n) is 3.19. The Morgan fingerprint density at radius 3 is 2.59 bits per heavy atom. The number of piperazine rings is 1. The predicted molar refractivity (Wildman–Crippen MR) is 100 cm³/mol. The van der Waals surface area contributed by atoms with Gasteiger partial charge in [-0.3, -0.25) is 4.79 Å². The Labute approximate surface area is 182 Å². The highest BCUT2D eigenvalue weighted by Crippen LogP contribution is 2.34. The van der Waals surface area contributed by atoms with Crippen LogP contribution in [-0.2, 0) is 11.0 Å². The second-order valence-corrected chi connectivity index (χ2v) is 7.28. The number of rotatable bonds is 3. The highest BCUT2D eigenvalue weighted by molar-refractivity contribution is 6.31. The summed E-state index contributed by atoms with van der Waals surface area (Å²) in [7, 11) is 0. The monoisotopic (exact) mass is 480 g/mol. The first kappa shape index (κ1) is 23.6. The second kappa shape index (κ2) is 8.85. The smallest absolute Gasteiger partial charge is 0.353 e. The molecule has 32 heavy (non-hydrogen) atoms. The van der Waals surface area contributed by atoms with E-state index < -0.39 is 63.9 Å². The Morgan fingerprint density at radius 1 is 1.28 bits per heavy atom. The number of pyridine rings is 1. The molecule has 0 radical (unpaired) electrons. The molecule has 6 nitrogen and oxygen atoms in total. The zero-order valence-corrected chi connectivity index (χ0v) is 17.0. The van der Waals surface area contributed by atoms with Crippen LogP contribution < -0.4 is 10.6 Å². The minimum Gasteiger partial charge on any atom is -0.353 e. The Hall–Kier alpha value is -3.02. The van der Waals surface area contributed by atoms with Crippen molar-refractivity contribution in [1.29, 1.82) is 0 Å². The van der Waals surface area contributed by atoms with Gasteiger partial charge in [0, 0.05) is 30.4 Å². The number of urea groups is 1. The lowest BCUT2D eigenvalue weighted by Crippen LogP contribution is -2.58. The molecule has 2 aromatic rings. The maximum Gasteiger partial charge on any atom is 0.436 e. The van der Waals surface area contributed by atoms with Crippen molar-refractivity contribution in [3.05, 3.63) is 63.7 Å². The molecule has 3 amide bonds. The minimum absolute atomic E-state index is 0.0811. The number of aromatic nitrogens is 1. The van der Waals surface area contributed by atoms with E-state index in [1.807, 2.05) is 0 Å². The number of nitrogens with one attached hydrogen (secondary N) is 2. The number of benzene rings is 1. The van der Waals surface area contributed by atoms with Gasteiger partial charge in [0.2, 0.25) is 5.91 Å². The maximum atomic E-state index is 14.7. The van der Waals surface area contributed by atoms with E-state index in [2.05, 4.69) is 15.6 Å². The first-order valence-electron chi connectivity index (χ1n) is 9.12. The first-order valence-corrected chi connectivity index (χ1v) is 9.50. The van der Waals surface area contributed by atoms with E-state index in [1.165, 1.54) is 6.92 Å². The van der Waals surface area contributed by atoms with Crippen molar-refractivity contribution >= 4 is 23.5 Å². The molecule has 1 aliphatic heterocycles. The predicted octanol–water partition coefficient (Wildman–Crippen LogP) is 3.79. The van der Waals surface area contributed by atoms with Gasteiger partial charge >= 0.3 is 12.2 Å². The lowest BCUT2D eigenvalue weighted by atomic mass is 9.98. The molecule has 2 atom stereocenters. The maximum absolute atomic E-state index is 14.7. The molecule has 1 fully saturated rings. The standard InChI is InChI=1S/C19H15ClF6N4O2/c1-8-17(31)27-4-5-30(8)18(32)29-15(10-2-3-11(21)13(20)14(10)23)9-6-12(22)16(28-7-9)19(24,25)26/h2-3,6-8,15H,4-5H2,1H3,(H,27,31)(H,29,32)/t8-,15?/m1/s1. The minimum atomic E-state index is -5.08. The van der Waals surface area contributed by atoms with Crippen molar-refractivity contribution in [2.45, 2.75) is 25.2 Å². The Bertz CT molecular complexity index is 1060. The summed E-state index contributed by atoms with van der Waals surface area (Å²) in [5.74, 6) is -4.63. The lowest BCUT2D eigenvalue weighted by molar-refractivity contribution is -0.143. The molecular weight excluding hydrogens is 466 g/mol. The Kier molecular flexibility index (Phi) is 6.54. The molecule has 2 N–H and O–H groups in total. The van der Waals surface area contributed by atoms with E-state index in [0.717, 1.165) is 17.0 Å². The molecule has 172 valence electrons. The Morgan fingerprint density at radius 2 is 1.97 bits per heavy atom. The third-order valence-electron chi connectivity index (χ3n) is 4.87. The van der Waals surface area contributed by atoms with Crippen molar-refractivity contribution in [3.63, 3.8) is 0 Å². The molecule has 1 unspecified atom stereocenters. The van der Waals surface area contributed by atoms with Gasteiger partial charge in [-0.1, -0.05) is 17.7 Å². The van der Waals surface area contributed by atoms with Crippen molar-refractivity contribution in [2.24, 2.45) is 0 Å². The van der Waals surface area contributed by atoms with Crippen molar-refractivity contribution in [3.8, 4) is 0 Å². The van der Waals surface area contributed by atoms with Crippen LogP contribution in [0.5, 0.6) is 0 Å². The van der Waals surface area contributed by atoms with Crippen molar-refractivity contribution < 1.29 is 35.9 Å². The van der Waals surface area contributed by atoms with Gasteiger partial charge in [-0.05, 0) is 19.1 Å². The molecular formula is C19H15ClF6N4O2. The Balaban J connectivity index is 2.05. The van der Waals surface area contributed by atoms with Gasteiger partial charge < -0.3 is 15.5 Å². The topological polar surface area (TPSA) is 74.3 Å². The van der Waals surface area contributed by atoms with Gasteiger partial charge in [0.1, 0.15) is 22.7 Å². The summed E-state index contributed by atoms with van der Waals surface area (Å²) in [5, 5.41) is 3.96. The van der Waals surface area contributed by atoms with Gasteiger partial charge in [-0.25, -0.2) is 22.9 Å². The molecule has 0 bridgehead atoms.